The zero-order chi connectivity index (χ0) is 25.7. The number of H-pyrrole nitrogens is 2. The third-order valence-corrected chi connectivity index (χ3v) is 5.86. The Bertz CT molecular complexity index is 1450. The number of nitrogens with two attached hydrogens (primary N) is 1. The van der Waals surface area contributed by atoms with Gasteiger partial charge in [0.2, 0.25) is 0 Å². The van der Waals surface area contributed by atoms with Gasteiger partial charge in [-0.05, 0) is 51.0 Å². The lowest BCUT2D eigenvalue weighted by molar-refractivity contribution is 0.102. The Hall–Kier alpha value is -4.43. The lowest BCUT2D eigenvalue weighted by Gasteiger charge is -2.27. The first-order valence-corrected chi connectivity index (χ1v) is 11.3. The second-order valence-electron chi connectivity index (χ2n) is 8.51. The molecule has 3 aromatic rings. The average Bonchev–Trinajstić information content (AvgIpc) is 2.83. The second kappa shape index (κ2) is 10.9. The maximum Gasteiger partial charge on any atom is 0.325 e. The quantitative estimate of drug-likeness (QED) is 0.400. The molecule has 1 aromatic carbocycles. The fraction of sp³-hybridized carbons (Fsp3) is 0.280. The van der Waals surface area contributed by atoms with Gasteiger partial charge in [-0.2, -0.15) is 0 Å². The number of piperidine rings is 1. The van der Waals surface area contributed by atoms with E-state index < -0.39 is 23.0 Å². The van der Waals surface area contributed by atoms with Crippen LogP contribution in [0, 0.1) is 23.6 Å². The number of amides is 1. The molecule has 1 amide bonds. The molecule has 0 radical (unpaired) electrons. The SMILES string of the molecule is CN1CCC(CC#Cc2c(Oc3ccc(NC(=O)c4c[nH]c(=O)[nH]c4=O)cc3F)ccnc2N)CC1. The summed E-state index contributed by atoms with van der Waals surface area (Å²) in [5, 5.41) is 2.40. The van der Waals surface area contributed by atoms with Crippen LogP contribution in [0.1, 0.15) is 35.2 Å². The molecule has 0 spiro atoms. The number of nitrogens with one attached hydrogen (secondary N) is 3. The Morgan fingerprint density at radius 1 is 1.28 bits per heavy atom. The number of rotatable bonds is 5. The Kier molecular flexibility index (Phi) is 7.46. The first-order chi connectivity index (χ1) is 17.3. The summed E-state index contributed by atoms with van der Waals surface area (Å²) in [7, 11) is 2.11. The van der Waals surface area contributed by atoms with E-state index in [1.165, 1.54) is 18.3 Å². The molecule has 11 heteroatoms. The molecule has 4 rings (SSSR count). The molecule has 10 nitrogen and oxygen atoms in total. The summed E-state index contributed by atoms with van der Waals surface area (Å²) in [6.07, 6.45) is 5.32. The van der Waals surface area contributed by atoms with Crippen LogP contribution in [0.2, 0.25) is 0 Å². The number of hydrogen-bond acceptors (Lipinski definition) is 7. The summed E-state index contributed by atoms with van der Waals surface area (Å²) >= 11 is 0. The van der Waals surface area contributed by atoms with Gasteiger partial charge < -0.3 is 25.7 Å². The van der Waals surface area contributed by atoms with Crippen molar-refractivity contribution in [2.45, 2.75) is 19.3 Å². The minimum absolute atomic E-state index is 0.0860. The van der Waals surface area contributed by atoms with Gasteiger partial charge in [-0.15, -0.1) is 0 Å². The van der Waals surface area contributed by atoms with Crippen molar-refractivity contribution in [1.82, 2.24) is 19.9 Å². The fourth-order valence-corrected chi connectivity index (χ4v) is 3.78. The van der Waals surface area contributed by atoms with E-state index in [0.29, 0.717) is 11.5 Å². The van der Waals surface area contributed by atoms with Gasteiger partial charge in [0.05, 0.1) is 0 Å². The van der Waals surface area contributed by atoms with E-state index in [9.17, 15) is 18.8 Å². The standard InChI is InChI=1S/C25H25FN6O4/c1-32-11-8-15(9-12-32)3-2-4-17-20(7-10-28-22(17)27)36-21-6-5-16(13-19(21)26)30-23(33)18-14-29-25(35)31-24(18)34/h5-7,10,13-15H,3,8-9,11-12H2,1H3,(H2,27,28)(H,30,33)(H2,29,31,34,35). The number of carbonyl (C=O) groups excluding carboxylic acids is 1. The Morgan fingerprint density at radius 3 is 2.78 bits per heavy atom. The minimum atomic E-state index is -0.864. The molecule has 36 heavy (non-hydrogen) atoms. The number of ether oxygens (including phenoxy) is 1. The van der Waals surface area contributed by atoms with Gasteiger partial charge in [0, 0.05) is 36.6 Å². The summed E-state index contributed by atoms with van der Waals surface area (Å²) in [5.41, 5.74) is 4.54. The van der Waals surface area contributed by atoms with Gasteiger partial charge >= 0.3 is 5.69 Å². The average molecular weight is 493 g/mol. The van der Waals surface area contributed by atoms with Crippen LogP contribution >= 0.6 is 0 Å². The first kappa shape index (κ1) is 24.7. The molecular weight excluding hydrogens is 467 g/mol. The summed E-state index contributed by atoms with van der Waals surface area (Å²) in [6, 6.07) is 5.33. The number of likely N-dealkylation sites (tertiary alicyclic amines) is 1. The van der Waals surface area contributed by atoms with E-state index in [0.717, 1.165) is 44.6 Å². The normalized spacial score (nSPS) is 14.1. The molecule has 1 aliphatic heterocycles. The second-order valence-corrected chi connectivity index (χ2v) is 8.51. The van der Waals surface area contributed by atoms with Gasteiger partial charge in [-0.3, -0.25) is 14.6 Å². The van der Waals surface area contributed by atoms with Crippen LogP contribution in [0.25, 0.3) is 0 Å². The van der Waals surface area contributed by atoms with Crippen LogP contribution in [-0.4, -0.2) is 45.9 Å². The fourth-order valence-electron chi connectivity index (χ4n) is 3.78. The Labute approximate surface area is 205 Å². The van der Waals surface area contributed by atoms with Crippen molar-refractivity contribution >= 4 is 17.4 Å². The van der Waals surface area contributed by atoms with E-state index in [-0.39, 0.29) is 28.6 Å². The van der Waals surface area contributed by atoms with Crippen molar-refractivity contribution < 1.29 is 13.9 Å². The molecule has 0 atom stereocenters. The molecule has 3 heterocycles. The molecular formula is C25H25FN6O4. The predicted octanol–water partition coefficient (Wildman–Crippen LogP) is 2.31. The van der Waals surface area contributed by atoms with E-state index in [1.54, 1.807) is 6.07 Å². The molecule has 0 unspecified atom stereocenters. The third kappa shape index (κ3) is 5.97. The number of halogens is 1. The number of benzene rings is 1. The van der Waals surface area contributed by atoms with Crippen molar-refractivity contribution in [1.29, 1.82) is 0 Å². The van der Waals surface area contributed by atoms with Gasteiger partial charge in [0.1, 0.15) is 22.7 Å². The van der Waals surface area contributed by atoms with Crippen molar-refractivity contribution in [3.8, 4) is 23.3 Å². The van der Waals surface area contributed by atoms with E-state index >= 15 is 0 Å². The maximum atomic E-state index is 14.8. The number of pyridine rings is 1. The van der Waals surface area contributed by atoms with Gasteiger partial charge in [0.15, 0.2) is 11.6 Å². The molecule has 0 saturated carbocycles. The zero-order valence-corrected chi connectivity index (χ0v) is 19.6. The van der Waals surface area contributed by atoms with E-state index in [1.807, 2.05) is 4.98 Å². The van der Waals surface area contributed by atoms with E-state index in [2.05, 4.69) is 39.1 Å². The minimum Gasteiger partial charge on any atom is -0.453 e. The highest BCUT2D eigenvalue weighted by atomic mass is 19.1. The van der Waals surface area contributed by atoms with Crippen molar-refractivity contribution in [3.05, 3.63) is 74.4 Å². The topological polar surface area (TPSA) is 146 Å². The van der Waals surface area contributed by atoms with Crippen LogP contribution in [0.5, 0.6) is 11.5 Å². The van der Waals surface area contributed by atoms with Gasteiger partial charge in [-0.1, -0.05) is 11.8 Å². The zero-order valence-electron chi connectivity index (χ0n) is 19.6. The number of aromatic nitrogens is 3. The molecule has 1 aliphatic rings. The molecule has 1 saturated heterocycles. The van der Waals surface area contributed by atoms with Crippen LogP contribution in [0.3, 0.4) is 0 Å². The smallest absolute Gasteiger partial charge is 0.325 e. The Balaban J connectivity index is 1.47. The lowest BCUT2D eigenvalue weighted by atomic mass is 9.94. The molecule has 0 aliphatic carbocycles. The van der Waals surface area contributed by atoms with Crippen molar-refractivity contribution in [2.75, 3.05) is 31.2 Å². The number of aromatic amines is 2. The van der Waals surface area contributed by atoms with Crippen LogP contribution in [0.15, 0.2) is 46.2 Å². The predicted molar refractivity (Wildman–Crippen MR) is 132 cm³/mol. The number of nitrogens with zero attached hydrogens (tertiary/aromatic N) is 2. The molecule has 186 valence electrons. The summed E-state index contributed by atoms with van der Waals surface area (Å²) in [5.74, 6) is 5.46. The van der Waals surface area contributed by atoms with Crippen LogP contribution in [0.4, 0.5) is 15.9 Å². The van der Waals surface area contributed by atoms with Crippen molar-refractivity contribution in [2.24, 2.45) is 5.92 Å². The van der Waals surface area contributed by atoms with Crippen molar-refractivity contribution in [3.63, 3.8) is 0 Å². The maximum absolute atomic E-state index is 14.8. The summed E-state index contributed by atoms with van der Waals surface area (Å²) in [4.78, 5) is 45.7. The van der Waals surface area contributed by atoms with Crippen LogP contribution < -0.4 is 27.0 Å². The highest BCUT2D eigenvalue weighted by Gasteiger charge is 2.17. The van der Waals surface area contributed by atoms with Crippen LogP contribution in [-0.2, 0) is 0 Å². The van der Waals surface area contributed by atoms with E-state index in [4.69, 9.17) is 10.5 Å². The lowest BCUT2D eigenvalue weighted by Crippen LogP contribution is -2.29. The Morgan fingerprint density at radius 2 is 2.06 bits per heavy atom. The number of anilines is 2. The molecule has 5 N–H and O–H groups in total. The highest BCUT2D eigenvalue weighted by molar-refractivity contribution is 6.03. The highest BCUT2D eigenvalue weighted by Crippen LogP contribution is 2.30. The first-order valence-electron chi connectivity index (χ1n) is 11.3. The molecule has 1 fully saturated rings. The number of hydrogen-bond donors (Lipinski definition) is 4. The molecule has 0 bridgehead atoms. The summed E-state index contributed by atoms with van der Waals surface area (Å²) in [6.45, 7) is 2.10. The van der Waals surface area contributed by atoms with Gasteiger partial charge in [-0.25, -0.2) is 14.2 Å². The largest absolute Gasteiger partial charge is 0.453 e. The summed E-state index contributed by atoms with van der Waals surface area (Å²) < 4.78 is 20.5. The monoisotopic (exact) mass is 492 g/mol. The third-order valence-electron chi connectivity index (χ3n) is 5.86. The number of carbonyl (C=O) groups is 1. The number of nitrogen functional groups attached to an aromatic ring is 1. The molecule has 2 aromatic heterocycles. The van der Waals surface area contributed by atoms with Gasteiger partial charge in [0.25, 0.3) is 11.5 Å².